The maximum atomic E-state index is 5.76. The van der Waals surface area contributed by atoms with Crippen LogP contribution in [-0.2, 0) is 9.47 Å². The van der Waals surface area contributed by atoms with E-state index in [1.165, 1.54) is 19.3 Å². The Hall–Kier alpha value is -0.0800. The molecule has 3 atom stereocenters. The molecule has 1 rings (SSSR count). The van der Waals surface area contributed by atoms with E-state index in [4.69, 9.17) is 9.47 Å². The van der Waals surface area contributed by atoms with Gasteiger partial charge >= 0.3 is 0 Å². The SMILES string of the molecule is COC(C)OC1CC(C)CC(C)C1. The molecule has 0 amide bonds. The molecular formula is C11H22O2. The Morgan fingerprint density at radius 1 is 1.08 bits per heavy atom. The molecule has 0 N–H and O–H groups in total. The maximum absolute atomic E-state index is 5.76. The van der Waals surface area contributed by atoms with Crippen molar-refractivity contribution in [2.24, 2.45) is 11.8 Å². The van der Waals surface area contributed by atoms with E-state index in [1.54, 1.807) is 7.11 Å². The first-order chi connectivity index (χ1) is 6.11. The molecule has 13 heavy (non-hydrogen) atoms. The van der Waals surface area contributed by atoms with E-state index < -0.39 is 0 Å². The van der Waals surface area contributed by atoms with Gasteiger partial charge in [0.15, 0.2) is 6.29 Å². The van der Waals surface area contributed by atoms with Crippen molar-refractivity contribution < 1.29 is 9.47 Å². The van der Waals surface area contributed by atoms with Crippen LogP contribution in [0.15, 0.2) is 0 Å². The summed E-state index contributed by atoms with van der Waals surface area (Å²) in [6.45, 7) is 6.58. The van der Waals surface area contributed by atoms with Gasteiger partial charge in [-0.2, -0.15) is 0 Å². The second-order valence-electron chi connectivity index (χ2n) is 4.48. The lowest BCUT2D eigenvalue weighted by Gasteiger charge is -2.32. The fourth-order valence-corrected chi connectivity index (χ4v) is 2.31. The van der Waals surface area contributed by atoms with Crippen LogP contribution < -0.4 is 0 Å². The molecule has 3 unspecified atom stereocenters. The monoisotopic (exact) mass is 186 g/mol. The fraction of sp³-hybridized carbons (Fsp3) is 1.00. The molecule has 0 aromatic carbocycles. The molecule has 1 saturated carbocycles. The van der Waals surface area contributed by atoms with Gasteiger partial charge in [-0.25, -0.2) is 0 Å². The van der Waals surface area contributed by atoms with Crippen molar-refractivity contribution in [1.82, 2.24) is 0 Å². The average Bonchev–Trinajstić information content (AvgIpc) is 2.02. The number of ether oxygens (including phenoxy) is 2. The van der Waals surface area contributed by atoms with E-state index in [9.17, 15) is 0 Å². The first-order valence-electron chi connectivity index (χ1n) is 5.30. The molecule has 1 aliphatic carbocycles. The number of hydrogen-bond acceptors (Lipinski definition) is 2. The van der Waals surface area contributed by atoms with Crippen LogP contribution in [0.5, 0.6) is 0 Å². The van der Waals surface area contributed by atoms with Crippen molar-refractivity contribution in [3.05, 3.63) is 0 Å². The van der Waals surface area contributed by atoms with Crippen molar-refractivity contribution >= 4 is 0 Å². The highest BCUT2D eigenvalue weighted by Gasteiger charge is 2.25. The standard InChI is InChI=1S/C11H22O2/c1-8-5-9(2)7-11(6-8)13-10(3)12-4/h8-11H,5-7H2,1-4H3. The predicted octanol–water partition coefficient (Wildman–Crippen LogP) is 2.82. The summed E-state index contributed by atoms with van der Waals surface area (Å²) in [5, 5.41) is 0. The quantitative estimate of drug-likeness (QED) is 0.631. The van der Waals surface area contributed by atoms with Crippen molar-refractivity contribution in [2.75, 3.05) is 7.11 Å². The van der Waals surface area contributed by atoms with Gasteiger partial charge in [-0.1, -0.05) is 13.8 Å². The number of methoxy groups -OCH3 is 1. The van der Waals surface area contributed by atoms with Crippen LogP contribution in [0.2, 0.25) is 0 Å². The first kappa shape index (κ1) is 11.0. The van der Waals surface area contributed by atoms with Gasteiger partial charge in [-0.15, -0.1) is 0 Å². The first-order valence-corrected chi connectivity index (χ1v) is 5.30. The Bertz CT molecular complexity index is 137. The molecule has 1 aliphatic rings. The molecule has 0 aromatic rings. The van der Waals surface area contributed by atoms with E-state index >= 15 is 0 Å². The van der Waals surface area contributed by atoms with Gasteiger partial charge in [-0.3, -0.25) is 0 Å². The summed E-state index contributed by atoms with van der Waals surface area (Å²) >= 11 is 0. The lowest BCUT2D eigenvalue weighted by molar-refractivity contribution is -0.158. The maximum Gasteiger partial charge on any atom is 0.154 e. The average molecular weight is 186 g/mol. The van der Waals surface area contributed by atoms with Gasteiger partial charge in [0.1, 0.15) is 0 Å². The molecule has 0 spiro atoms. The minimum absolute atomic E-state index is 0.0532. The molecule has 0 heterocycles. The van der Waals surface area contributed by atoms with Crippen molar-refractivity contribution in [3.8, 4) is 0 Å². The summed E-state index contributed by atoms with van der Waals surface area (Å²) in [5.74, 6) is 1.61. The highest BCUT2D eigenvalue weighted by molar-refractivity contribution is 4.75. The van der Waals surface area contributed by atoms with E-state index in [2.05, 4.69) is 13.8 Å². The summed E-state index contributed by atoms with van der Waals surface area (Å²) in [4.78, 5) is 0. The van der Waals surface area contributed by atoms with Crippen LogP contribution >= 0.6 is 0 Å². The zero-order valence-electron chi connectivity index (χ0n) is 9.25. The zero-order valence-corrected chi connectivity index (χ0v) is 9.25. The van der Waals surface area contributed by atoms with Crippen LogP contribution in [0, 0.1) is 11.8 Å². The molecule has 78 valence electrons. The molecule has 2 nitrogen and oxygen atoms in total. The highest BCUT2D eigenvalue weighted by Crippen LogP contribution is 2.30. The van der Waals surface area contributed by atoms with Gasteiger partial charge in [0, 0.05) is 7.11 Å². The zero-order chi connectivity index (χ0) is 9.84. The fourth-order valence-electron chi connectivity index (χ4n) is 2.31. The Morgan fingerprint density at radius 3 is 2.08 bits per heavy atom. The van der Waals surface area contributed by atoms with E-state index in [0.717, 1.165) is 11.8 Å². The van der Waals surface area contributed by atoms with Gasteiger partial charge < -0.3 is 9.47 Å². The largest absolute Gasteiger partial charge is 0.356 e. The number of rotatable bonds is 3. The van der Waals surface area contributed by atoms with E-state index in [0.29, 0.717) is 6.10 Å². The van der Waals surface area contributed by atoms with Gasteiger partial charge in [0.25, 0.3) is 0 Å². The summed E-state index contributed by atoms with van der Waals surface area (Å²) < 4.78 is 10.9. The summed E-state index contributed by atoms with van der Waals surface area (Å²) in [5.41, 5.74) is 0. The van der Waals surface area contributed by atoms with Gasteiger partial charge in [0.2, 0.25) is 0 Å². The Labute approximate surface area is 81.6 Å². The van der Waals surface area contributed by atoms with Crippen LogP contribution in [-0.4, -0.2) is 19.5 Å². The minimum Gasteiger partial charge on any atom is -0.356 e. The second kappa shape index (κ2) is 4.97. The molecule has 0 saturated heterocycles. The number of hydrogen-bond donors (Lipinski definition) is 0. The smallest absolute Gasteiger partial charge is 0.154 e. The summed E-state index contributed by atoms with van der Waals surface area (Å²) in [7, 11) is 1.69. The van der Waals surface area contributed by atoms with Crippen LogP contribution in [0.4, 0.5) is 0 Å². The van der Waals surface area contributed by atoms with Gasteiger partial charge in [0.05, 0.1) is 6.10 Å². The second-order valence-corrected chi connectivity index (χ2v) is 4.48. The third kappa shape index (κ3) is 3.65. The van der Waals surface area contributed by atoms with Crippen LogP contribution in [0.1, 0.15) is 40.0 Å². The molecule has 0 bridgehead atoms. The topological polar surface area (TPSA) is 18.5 Å². The minimum atomic E-state index is -0.0532. The van der Waals surface area contributed by atoms with E-state index in [1.807, 2.05) is 6.92 Å². The summed E-state index contributed by atoms with van der Waals surface area (Å²) in [6, 6.07) is 0. The van der Waals surface area contributed by atoms with Crippen LogP contribution in [0.3, 0.4) is 0 Å². The lowest BCUT2D eigenvalue weighted by Crippen LogP contribution is -2.29. The third-order valence-corrected chi connectivity index (χ3v) is 2.85. The molecular weight excluding hydrogens is 164 g/mol. The molecule has 0 aliphatic heterocycles. The molecule has 2 heteroatoms. The molecule has 0 aromatic heterocycles. The molecule has 0 radical (unpaired) electrons. The van der Waals surface area contributed by atoms with Crippen molar-refractivity contribution in [2.45, 2.75) is 52.4 Å². The predicted molar refractivity (Wildman–Crippen MR) is 53.5 cm³/mol. The third-order valence-electron chi connectivity index (χ3n) is 2.85. The van der Waals surface area contributed by atoms with E-state index in [-0.39, 0.29) is 6.29 Å². The lowest BCUT2D eigenvalue weighted by atomic mass is 9.82. The molecule has 1 fully saturated rings. The highest BCUT2D eigenvalue weighted by atomic mass is 16.7. The normalized spacial score (nSPS) is 37.4. The van der Waals surface area contributed by atoms with Gasteiger partial charge in [-0.05, 0) is 38.0 Å². The Balaban J connectivity index is 2.32. The van der Waals surface area contributed by atoms with Crippen molar-refractivity contribution in [3.63, 3.8) is 0 Å². The summed E-state index contributed by atoms with van der Waals surface area (Å²) in [6.07, 6.45) is 4.09. The Kier molecular flexibility index (Phi) is 4.20. The van der Waals surface area contributed by atoms with Crippen molar-refractivity contribution in [1.29, 1.82) is 0 Å². The van der Waals surface area contributed by atoms with Crippen LogP contribution in [0.25, 0.3) is 0 Å². The Morgan fingerprint density at radius 2 is 1.62 bits per heavy atom.